The molecule has 0 aromatic heterocycles. The van der Waals surface area contributed by atoms with Gasteiger partial charge in [0, 0.05) is 6.04 Å². The lowest BCUT2D eigenvalue weighted by Gasteiger charge is -2.20. The second kappa shape index (κ2) is 5.87. The molecule has 0 spiro atoms. The van der Waals surface area contributed by atoms with Gasteiger partial charge in [-0.1, -0.05) is 12.1 Å². The monoisotopic (exact) mass is 222 g/mol. The van der Waals surface area contributed by atoms with Crippen LogP contribution in [-0.4, -0.2) is 37.7 Å². The van der Waals surface area contributed by atoms with Crippen LogP contribution in [0.25, 0.3) is 0 Å². The summed E-state index contributed by atoms with van der Waals surface area (Å²) in [6.07, 6.45) is 0.860. The molecule has 0 aliphatic carbocycles. The van der Waals surface area contributed by atoms with E-state index in [-0.39, 0.29) is 0 Å². The summed E-state index contributed by atoms with van der Waals surface area (Å²) in [7, 11) is 5.99. The van der Waals surface area contributed by atoms with Gasteiger partial charge in [-0.15, -0.1) is 0 Å². The third kappa shape index (κ3) is 3.22. The molecular formula is C13H22N2O. The lowest BCUT2D eigenvalue weighted by Crippen LogP contribution is -2.16. The highest BCUT2D eigenvalue weighted by atomic mass is 16.3. The molecule has 1 aromatic rings. The first-order valence-electron chi connectivity index (χ1n) is 5.69. The predicted octanol–water partition coefficient (Wildman–Crippen LogP) is 1.78. The Kier molecular flexibility index (Phi) is 4.77. The fourth-order valence-electron chi connectivity index (χ4n) is 1.61. The second-order valence-electron chi connectivity index (χ2n) is 4.38. The summed E-state index contributed by atoms with van der Waals surface area (Å²) in [5.41, 5.74) is 2.15. The van der Waals surface area contributed by atoms with Gasteiger partial charge in [-0.05, 0) is 58.2 Å². The summed E-state index contributed by atoms with van der Waals surface area (Å²) in [5, 5.41) is 13.0. The SMILES string of the molecule is CNCCc1ccc(C(C)N(C)C)cc1O. The van der Waals surface area contributed by atoms with Gasteiger partial charge in [-0.25, -0.2) is 0 Å². The normalized spacial score (nSPS) is 13.1. The minimum atomic E-state index is 0.323. The molecule has 1 atom stereocenters. The maximum absolute atomic E-state index is 9.90. The van der Waals surface area contributed by atoms with Gasteiger partial charge in [0.05, 0.1) is 0 Å². The molecule has 16 heavy (non-hydrogen) atoms. The highest BCUT2D eigenvalue weighted by Crippen LogP contribution is 2.25. The van der Waals surface area contributed by atoms with Crippen LogP contribution in [0.2, 0.25) is 0 Å². The van der Waals surface area contributed by atoms with E-state index in [1.165, 1.54) is 0 Å². The Morgan fingerprint density at radius 1 is 1.38 bits per heavy atom. The molecule has 3 nitrogen and oxygen atoms in total. The molecule has 0 bridgehead atoms. The lowest BCUT2D eigenvalue weighted by atomic mass is 10.0. The van der Waals surface area contributed by atoms with Crippen LogP contribution in [0.4, 0.5) is 0 Å². The van der Waals surface area contributed by atoms with Gasteiger partial charge in [0.1, 0.15) is 5.75 Å². The third-order valence-electron chi connectivity index (χ3n) is 3.01. The Morgan fingerprint density at radius 2 is 2.06 bits per heavy atom. The van der Waals surface area contributed by atoms with Crippen molar-refractivity contribution in [1.29, 1.82) is 0 Å². The average Bonchev–Trinajstić information content (AvgIpc) is 2.26. The molecule has 2 N–H and O–H groups in total. The minimum absolute atomic E-state index is 0.323. The Morgan fingerprint density at radius 3 is 2.56 bits per heavy atom. The molecule has 0 saturated heterocycles. The van der Waals surface area contributed by atoms with E-state index in [9.17, 15) is 5.11 Å². The van der Waals surface area contributed by atoms with E-state index in [1.54, 1.807) is 0 Å². The summed E-state index contributed by atoms with van der Waals surface area (Å²) in [6.45, 7) is 3.01. The van der Waals surface area contributed by atoms with Crippen molar-refractivity contribution in [1.82, 2.24) is 10.2 Å². The summed E-state index contributed by atoms with van der Waals surface area (Å²) in [5.74, 6) is 0.404. The lowest BCUT2D eigenvalue weighted by molar-refractivity contribution is 0.320. The highest BCUT2D eigenvalue weighted by molar-refractivity contribution is 5.37. The van der Waals surface area contributed by atoms with Gasteiger partial charge >= 0.3 is 0 Å². The van der Waals surface area contributed by atoms with Crippen LogP contribution in [0, 0.1) is 0 Å². The molecule has 0 radical (unpaired) electrons. The van der Waals surface area contributed by atoms with Crippen LogP contribution in [0.15, 0.2) is 18.2 Å². The fraction of sp³-hybridized carbons (Fsp3) is 0.538. The first-order chi connectivity index (χ1) is 7.56. The topological polar surface area (TPSA) is 35.5 Å². The van der Waals surface area contributed by atoms with Crippen LogP contribution in [0.5, 0.6) is 5.75 Å². The zero-order chi connectivity index (χ0) is 12.1. The number of hydrogen-bond donors (Lipinski definition) is 2. The van der Waals surface area contributed by atoms with E-state index in [4.69, 9.17) is 0 Å². The first kappa shape index (κ1) is 13.0. The van der Waals surface area contributed by atoms with E-state index in [1.807, 2.05) is 33.3 Å². The highest BCUT2D eigenvalue weighted by Gasteiger charge is 2.10. The molecule has 90 valence electrons. The first-order valence-corrected chi connectivity index (χ1v) is 5.69. The number of nitrogens with one attached hydrogen (secondary N) is 1. The van der Waals surface area contributed by atoms with Crippen molar-refractivity contribution in [3.05, 3.63) is 29.3 Å². The van der Waals surface area contributed by atoms with E-state index < -0.39 is 0 Å². The van der Waals surface area contributed by atoms with Gasteiger partial charge in [0.25, 0.3) is 0 Å². The van der Waals surface area contributed by atoms with Gasteiger partial charge < -0.3 is 15.3 Å². The van der Waals surface area contributed by atoms with Crippen molar-refractivity contribution >= 4 is 0 Å². The van der Waals surface area contributed by atoms with Gasteiger partial charge in [0.2, 0.25) is 0 Å². The summed E-state index contributed by atoms with van der Waals surface area (Å²) in [6, 6.07) is 6.30. The van der Waals surface area contributed by atoms with Crippen molar-refractivity contribution < 1.29 is 5.11 Å². The second-order valence-corrected chi connectivity index (χ2v) is 4.38. The molecule has 3 heteroatoms. The standard InChI is InChI=1S/C13H22N2O/c1-10(15(3)4)12-6-5-11(7-8-14-2)13(16)9-12/h5-6,9-10,14,16H,7-8H2,1-4H3. The Balaban J connectivity index is 2.82. The number of rotatable bonds is 5. The zero-order valence-corrected chi connectivity index (χ0v) is 10.6. The maximum Gasteiger partial charge on any atom is 0.119 e. The molecule has 1 aromatic carbocycles. The molecule has 0 fully saturated rings. The van der Waals surface area contributed by atoms with Gasteiger partial charge in [0.15, 0.2) is 0 Å². The number of phenols is 1. The van der Waals surface area contributed by atoms with Crippen LogP contribution in [0.1, 0.15) is 24.1 Å². The zero-order valence-electron chi connectivity index (χ0n) is 10.6. The Hall–Kier alpha value is -1.06. The molecule has 1 rings (SSSR count). The predicted molar refractivity (Wildman–Crippen MR) is 67.8 cm³/mol. The molecule has 0 aliphatic heterocycles. The van der Waals surface area contributed by atoms with E-state index in [0.29, 0.717) is 11.8 Å². The molecule has 0 amide bonds. The van der Waals surface area contributed by atoms with E-state index in [2.05, 4.69) is 23.2 Å². The number of aromatic hydroxyl groups is 1. The van der Waals surface area contributed by atoms with E-state index >= 15 is 0 Å². The number of phenolic OH excluding ortho intramolecular Hbond substituents is 1. The van der Waals surface area contributed by atoms with Crippen molar-refractivity contribution in [3.63, 3.8) is 0 Å². The Labute approximate surface area is 98.1 Å². The number of hydrogen-bond acceptors (Lipinski definition) is 3. The maximum atomic E-state index is 9.90. The number of nitrogens with zero attached hydrogens (tertiary/aromatic N) is 1. The summed E-state index contributed by atoms with van der Waals surface area (Å²) < 4.78 is 0. The smallest absolute Gasteiger partial charge is 0.119 e. The molecule has 0 heterocycles. The quantitative estimate of drug-likeness (QED) is 0.797. The molecule has 0 saturated carbocycles. The van der Waals surface area contributed by atoms with Gasteiger partial charge in [-0.2, -0.15) is 0 Å². The van der Waals surface area contributed by atoms with Gasteiger partial charge in [-0.3, -0.25) is 0 Å². The van der Waals surface area contributed by atoms with Crippen LogP contribution in [0.3, 0.4) is 0 Å². The number of likely N-dealkylation sites (N-methyl/N-ethyl adjacent to an activating group) is 1. The molecular weight excluding hydrogens is 200 g/mol. The minimum Gasteiger partial charge on any atom is -0.508 e. The largest absolute Gasteiger partial charge is 0.508 e. The van der Waals surface area contributed by atoms with Crippen LogP contribution in [-0.2, 0) is 6.42 Å². The van der Waals surface area contributed by atoms with Crippen molar-refractivity contribution in [3.8, 4) is 5.75 Å². The molecule has 1 unspecified atom stereocenters. The number of benzene rings is 1. The van der Waals surface area contributed by atoms with Crippen molar-refractivity contribution in [2.24, 2.45) is 0 Å². The summed E-state index contributed by atoms with van der Waals surface area (Å²) in [4.78, 5) is 2.13. The fourth-order valence-corrected chi connectivity index (χ4v) is 1.61. The van der Waals surface area contributed by atoms with Crippen LogP contribution < -0.4 is 5.32 Å². The Bertz CT molecular complexity index is 337. The average molecular weight is 222 g/mol. The van der Waals surface area contributed by atoms with Crippen LogP contribution >= 0.6 is 0 Å². The van der Waals surface area contributed by atoms with Crippen molar-refractivity contribution in [2.45, 2.75) is 19.4 Å². The summed E-state index contributed by atoms with van der Waals surface area (Å²) >= 11 is 0. The van der Waals surface area contributed by atoms with Crippen molar-refractivity contribution in [2.75, 3.05) is 27.7 Å². The third-order valence-corrected chi connectivity index (χ3v) is 3.01. The molecule has 0 aliphatic rings. The van der Waals surface area contributed by atoms with E-state index in [0.717, 1.165) is 24.1 Å².